The third-order valence-electron chi connectivity index (χ3n) is 2.25. The van der Waals surface area contributed by atoms with Gasteiger partial charge < -0.3 is 0 Å². The monoisotopic (exact) mass is 254 g/mol. The van der Waals surface area contributed by atoms with Crippen molar-refractivity contribution >= 4 is 20.6 Å². The number of carbonyl (C=O) groups is 1. The Morgan fingerprint density at radius 3 is 2.36 bits per heavy atom. The predicted octanol–water partition coefficient (Wildman–Crippen LogP) is 3.95. The Morgan fingerprint density at radius 2 is 1.86 bits per heavy atom. The first kappa shape index (κ1) is 11.4. The van der Waals surface area contributed by atoms with E-state index >= 15 is 0 Å². The maximum Gasteiger partial charge on any atom is 0.228 e. The number of carbonyl (C=O) groups excluding carboxylic acids is 1. The van der Waals surface area contributed by atoms with E-state index in [0.29, 0.717) is 0 Å². The minimum Gasteiger partial charge on any atom is -0.281 e. The van der Waals surface area contributed by atoms with Crippen molar-refractivity contribution in [2.24, 2.45) is 0 Å². The molecule has 0 saturated carbocycles. The Labute approximate surface area is 93.7 Å². The highest BCUT2D eigenvalue weighted by atomic mass is 79.9. The van der Waals surface area contributed by atoms with Gasteiger partial charge in [0.1, 0.15) is 0 Å². The van der Waals surface area contributed by atoms with Crippen LogP contribution in [0.1, 0.15) is 42.1 Å². The molecular weight excluding hydrogens is 240 g/mol. The standard InChI is InChI=1S/C12H15BrO/c1-2-3-4-5-10-6-8-11(9-7-10)12(13)14/h6-9H,2-5H2,1H3. The molecule has 1 nitrogen and oxygen atoms in total. The molecule has 0 bridgehead atoms. The van der Waals surface area contributed by atoms with Crippen LogP contribution in [-0.4, -0.2) is 4.69 Å². The van der Waals surface area contributed by atoms with Gasteiger partial charge in [-0.2, -0.15) is 0 Å². The van der Waals surface area contributed by atoms with Gasteiger partial charge in [-0.05, 0) is 34.3 Å². The van der Waals surface area contributed by atoms with Crippen molar-refractivity contribution in [1.29, 1.82) is 0 Å². The SMILES string of the molecule is CCCCCc1ccc(C(=O)Br)cc1. The third-order valence-corrected chi connectivity index (χ3v) is 2.71. The molecule has 0 unspecified atom stereocenters. The van der Waals surface area contributed by atoms with Crippen molar-refractivity contribution in [3.63, 3.8) is 0 Å². The van der Waals surface area contributed by atoms with E-state index in [1.165, 1.54) is 24.8 Å². The molecule has 0 radical (unpaired) electrons. The van der Waals surface area contributed by atoms with Gasteiger partial charge in [-0.25, -0.2) is 0 Å². The molecule has 0 N–H and O–H groups in total. The van der Waals surface area contributed by atoms with Crippen LogP contribution in [0.2, 0.25) is 0 Å². The summed E-state index contributed by atoms with van der Waals surface area (Å²) < 4.78 is -0.0439. The molecule has 2 heteroatoms. The van der Waals surface area contributed by atoms with Gasteiger partial charge >= 0.3 is 0 Å². The first-order valence-corrected chi connectivity index (χ1v) is 5.82. The fourth-order valence-electron chi connectivity index (χ4n) is 1.38. The van der Waals surface area contributed by atoms with E-state index in [9.17, 15) is 4.79 Å². The lowest BCUT2D eigenvalue weighted by Crippen LogP contribution is -1.90. The highest BCUT2D eigenvalue weighted by molar-refractivity contribution is 9.18. The van der Waals surface area contributed by atoms with E-state index in [0.717, 1.165) is 12.0 Å². The van der Waals surface area contributed by atoms with Crippen molar-refractivity contribution in [2.45, 2.75) is 32.6 Å². The maximum atomic E-state index is 10.9. The summed E-state index contributed by atoms with van der Waals surface area (Å²) in [6.07, 6.45) is 4.87. The second-order valence-electron chi connectivity index (χ2n) is 3.43. The van der Waals surface area contributed by atoms with Gasteiger partial charge in [0.25, 0.3) is 0 Å². The summed E-state index contributed by atoms with van der Waals surface area (Å²) in [6, 6.07) is 7.81. The van der Waals surface area contributed by atoms with Crippen LogP contribution in [0.3, 0.4) is 0 Å². The van der Waals surface area contributed by atoms with Gasteiger partial charge in [0.05, 0.1) is 0 Å². The molecule has 0 spiro atoms. The van der Waals surface area contributed by atoms with Crippen LogP contribution in [0.5, 0.6) is 0 Å². The molecule has 0 aliphatic heterocycles. The second kappa shape index (κ2) is 5.97. The Balaban J connectivity index is 2.51. The van der Waals surface area contributed by atoms with Crippen molar-refractivity contribution in [3.05, 3.63) is 35.4 Å². The predicted molar refractivity (Wildman–Crippen MR) is 62.9 cm³/mol. The summed E-state index contributed by atoms with van der Waals surface area (Å²) in [4.78, 5) is 10.9. The minimum atomic E-state index is -0.0439. The summed E-state index contributed by atoms with van der Waals surface area (Å²) in [5.74, 6) is 0. The van der Waals surface area contributed by atoms with Crippen LogP contribution in [0.4, 0.5) is 0 Å². The highest BCUT2D eigenvalue weighted by Gasteiger charge is 1.99. The molecule has 1 aromatic rings. The fourth-order valence-corrected chi connectivity index (χ4v) is 1.65. The van der Waals surface area contributed by atoms with E-state index in [2.05, 4.69) is 22.9 Å². The number of hydrogen-bond donors (Lipinski definition) is 0. The number of hydrogen-bond acceptors (Lipinski definition) is 1. The van der Waals surface area contributed by atoms with Crippen LogP contribution in [0.25, 0.3) is 0 Å². The van der Waals surface area contributed by atoms with E-state index in [1.54, 1.807) is 0 Å². The van der Waals surface area contributed by atoms with Crippen molar-refractivity contribution in [1.82, 2.24) is 0 Å². The molecule has 14 heavy (non-hydrogen) atoms. The molecule has 0 amide bonds. The molecule has 0 saturated heterocycles. The van der Waals surface area contributed by atoms with E-state index < -0.39 is 0 Å². The van der Waals surface area contributed by atoms with Crippen LogP contribution >= 0.6 is 15.9 Å². The molecule has 0 aliphatic carbocycles. The Morgan fingerprint density at radius 1 is 1.21 bits per heavy atom. The van der Waals surface area contributed by atoms with Crippen LogP contribution in [0.15, 0.2) is 24.3 Å². The summed E-state index contributed by atoms with van der Waals surface area (Å²) in [5, 5.41) is 0. The van der Waals surface area contributed by atoms with Crippen molar-refractivity contribution < 1.29 is 4.79 Å². The lowest BCUT2D eigenvalue weighted by Gasteiger charge is -2.00. The molecule has 76 valence electrons. The number of aryl methyl sites for hydroxylation is 1. The average molecular weight is 255 g/mol. The first-order chi connectivity index (χ1) is 6.74. The molecule has 0 atom stereocenters. The topological polar surface area (TPSA) is 17.1 Å². The van der Waals surface area contributed by atoms with E-state index in [1.807, 2.05) is 24.3 Å². The molecule has 0 aliphatic rings. The third kappa shape index (κ3) is 3.62. The summed E-state index contributed by atoms with van der Waals surface area (Å²) in [7, 11) is 0. The Hall–Kier alpha value is -0.630. The number of unbranched alkanes of at least 4 members (excludes halogenated alkanes) is 2. The van der Waals surface area contributed by atoms with E-state index in [-0.39, 0.29) is 4.69 Å². The van der Waals surface area contributed by atoms with Gasteiger partial charge in [0.15, 0.2) is 0 Å². The van der Waals surface area contributed by atoms with Crippen molar-refractivity contribution in [2.75, 3.05) is 0 Å². The van der Waals surface area contributed by atoms with Crippen LogP contribution in [-0.2, 0) is 6.42 Å². The molecule has 0 fully saturated rings. The van der Waals surface area contributed by atoms with Gasteiger partial charge in [-0.1, -0.05) is 44.0 Å². The van der Waals surface area contributed by atoms with Gasteiger partial charge in [0.2, 0.25) is 4.69 Å². The summed E-state index contributed by atoms with van der Waals surface area (Å²) in [5.41, 5.74) is 2.04. The lowest BCUT2D eigenvalue weighted by atomic mass is 10.1. The first-order valence-electron chi connectivity index (χ1n) is 5.03. The second-order valence-corrected chi connectivity index (χ2v) is 4.15. The lowest BCUT2D eigenvalue weighted by molar-refractivity contribution is 0.109. The number of benzene rings is 1. The smallest absolute Gasteiger partial charge is 0.228 e. The summed E-state index contributed by atoms with van der Waals surface area (Å²) in [6.45, 7) is 2.20. The molecule has 0 aromatic heterocycles. The minimum absolute atomic E-state index is 0.0439. The van der Waals surface area contributed by atoms with Crippen LogP contribution < -0.4 is 0 Å². The Bertz CT molecular complexity index is 290. The zero-order valence-corrected chi connectivity index (χ0v) is 10.0. The number of halogens is 1. The van der Waals surface area contributed by atoms with Gasteiger partial charge in [-0.3, -0.25) is 4.79 Å². The van der Waals surface area contributed by atoms with Gasteiger partial charge in [-0.15, -0.1) is 0 Å². The molecule has 0 heterocycles. The quantitative estimate of drug-likeness (QED) is 0.575. The zero-order valence-electron chi connectivity index (χ0n) is 8.42. The average Bonchev–Trinajstić information content (AvgIpc) is 2.19. The molecular formula is C12H15BrO. The highest BCUT2D eigenvalue weighted by Crippen LogP contribution is 2.10. The van der Waals surface area contributed by atoms with Crippen molar-refractivity contribution in [3.8, 4) is 0 Å². The van der Waals surface area contributed by atoms with Gasteiger partial charge in [0, 0.05) is 5.56 Å². The Kier molecular flexibility index (Phi) is 4.88. The zero-order chi connectivity index (χ0) is 10.4. The molecule has 1 rings (SSSR count). The fraction of sp³-hybridized carbons (Fsp3) is 0.417. The molecule has 1 aromatic carbocycles. The largest absolute Gasteiger partial charge is 0.281 e. The maximum absolute atomic E-state index is 10.9. The van der Waals surface area contributed by atoms with Crippen LogP contribution in [0, 0.1) is 0 Å². The number of rotatable bonds is 5. The summed E-state index contributed by atoms with van der Waals surface area (Å²) >= 11 is 2.93. The normalized spacial score (nSPS) is 10.1. The van der Waals surface area contributed by atoms with E-state index in [4.69, 9.17) is 0 Å².